The summed E-state index contributed by atoms with van der Waals surface area (Å²) in [5.74, 6) is 0.987. The number of hydrogen-bond acceptors (Lipinski definition) is 4. The molecule has 1 N–H and O–H groups in total. The number of hydrogen-bond donors (Lipinski definition) is 1. The summed E-state index contributed by atoms with van der Waals surface area (Å²) in [5.41, 5.74) is 3.65. The van der Waals surface area contributed by atoms with E-state index in [-0.39, 0.29) is 12.7 Å². The van der Waals surface area contributed by atoms with Crippen LogP contribution in [0.2, 0.25) is 0 Å². The Morgan fingerprint density at radius 2 is 1.59 bits per heavy atom. The maximum absolute atomic E-state index is 12.9. The highest BCUT2D eigenvalue weighted by Crippen LogP contribution is 2.34. The van der Waals surface area contributed by atoms with Gasteiger partial charge in [-0.05, 0) is 30.3 Å². The molecule has 0 fully saturated rings. The van der Waals surface area contributed by atoms with Gasteiger partial charge in [-0.3, -0.25) is 4.79 Å². The van der Waals surface area contributed by atoms with Crippen LogP contribution in [-0.4, -0.2) is 22.5 Å². The lowest BCUT2D eigenvalue weighted by molar-refractivity contribution is 0.102. The van der Waals surface area contributed by atoms with E-state index < -0.39 is 0 Å². The summed E-state index contributed by atoms with van der Waals surface area (Å²) in [6, 6.07) is 26.7. The second-order valence-electron chi connectivity index (χ2n) is 6.55. The summed E-state index contributed by atoms with van der Waals surface area (Å²) in [7, 11) is 0. The molecular formula is C23H17N3O3. The minimum absolute atomic E-state index is 0.189. The molecule has 2 heterocycles. The van der Waals surface area contributed by atoms with Crippen LogP contribution in [0.5, 0.6) is 11.5 Å². The van der Waals surface area contributed by atoms with Gasteiger partial charge in [-0.1, -0.05) is 48.5 Å². The molecule has 5 rings (SSSR count). The first-order chi connectivity index (χ1) is 14.3. The number of nitrogens with zero attached hydrogens (tertiary/aromatic N) is 2. The number of anilines is 1. The van der Waals surface area contributed by atoms with Gasteiger partial charge in [0.15, 0.2) is 17.2 Å². The number of rotatable bonds is 4. The van der Waals surface area contributed by atoms with Crippen molar-refractivity contribution in [2.24, 2.45) is 0 Å². The number of fused-ring (bicyclic) bond motifs is 1. The van der Waals surface area contributed by atoms with E-state index in [0.717, 1.165) is 16.9 Å². The van der Waals surface area contributed by atoms with Gasteiger partial charge in [-0.2, -0.15) is 5.10 Å². The zero-order chi connectivity index (χ0) is 19.6. The third-order valence-corrected chi connectivity index (χ3v) is 4.64. The Morgan fingerprint density at radius 3 is 2.38 bits per heavy atom. The Morgan fingerprint density at radius 1 is 0.862 bits per heavy atom. The molecule has 4 aromatic rings. The summed E-state index contributed by atoms with van der Waals surface area (Å²) in [5, 5.41) is 7.46. The van der Waals surface area contributed by atoms with Gasteiger partial charge in [0.2, 0.25) is 6.79 Å². The van der Waals surface area contributed by atoms with Crippen LogP contribution in [0.25, 0.3) is 16.9 Å². The lowest BCUT2D eigenvalue weighted by Gasteiger charge is -2.07. The lowest BCUT2D eigenvalue weighted by atomic mass is 10.1. The van der Waals surface area contributed by atoms with Gasteiger partial charge in [0.05, 0.1) is 11.4 Å². The fourth-order valence-electron chi connectivity index (χ4n) is 3.24. The SMILES string of the molecule is O=C(Nc1ccc2c(c1)OCO2)c1cc(-c2ccccc2)n(-c2ccccc2)n1. The van der Waals surface area contributed by atoms with Crippen LogP contribution in [-0.2, 0) is 0 Å². The van der Waals surface area contributed by atoms with Crippen molar-refractivity contribution >= 4 is 11.6 Å². The Balaban J connectivity index is 1.50. The van der Waals surface area contributed by atoms with Crippen LogP contribution < -0.4 is 14.8 Å². The van der Waals surface area contributed by atoms with Crippen LogP contribution in [0.3, 0.4) is 0 Å². The van der Waals surface area contributed by atoms with Crippen molar-refractivity contribution < 1.29 is 14.3 Å². The molecule has 0 spiro atoms. The Labute approximate surface area is 167 Å². The maximum Gasteiger partial charge on any atom is 0.276 e. The summed E-state index contributed by atoms with van der Waals surface area (Å²) < 4.78 is 12.5. The average Bonchev–Trinajstić information content (AvgIpc) is 3.42. The summed E-state index contributed by atoms with van der Waals surface area (Å²) in [6.07, 6.45) is 0. The molecule has 0 radical (unpaired) electrons. The van der Waals surface area contributed by atoms with Crippen LogP contribution >= 0.6 is 0 Å². The van der Waals surface area contributed by atoms with Gasteiger partial charge in [0, 0.05) is 17.3 Å². The summed E-state index contributed by atoms with van der Waals surface area (Å²) in [6.45, 7) is 0.189. The van der Waals surface area contributed by atoms with E-state index in [1.165, 1.54) is 0 Å². The molecule has 6 nitrogen and oxygen atoms in total. The topological polar surface area (TPSA) is 65.4 Å². The fraction of sp³-hybridized carbons (Fsp3) is 0.0435. The molecule has 0 unspecified atom stereocenters. The predicted molar refractivity (Wildman–Crippen MR) is 110 cm³/mol. The highest BCUT2D eigenvalue weighted by molar-refractivity contribution is 6.03. The van der Waals surface area contributed by atoms with Crippen molar-refractivity contribution in [1.29, 1.82) is 0 Å². The number of carbonyl (C=O) groups excluding carboxylic acids is 1. The minimum atomic E-state index is -0.296. The van der Waals surface area contributed by atoms with Crippen LogP contribution in [0.4, 0.5) is 5.69 Å². The third-order valence-electron chi connectivity index (χ3n) is 4.64. The van der Waals surface area contributed by atoms with Crippen molar-refractivity contribution in [2.45, 2.75) is 0 Å². The fourth-order valence-corrected chi connectivity index (χ4v) is 3.24. The van der Waals surface area contributed by atoms with Crippen molar-refractivity contribution in [3.05, 3.63) is 90.6 Å². The van der Waals surface area contributed by atoms with E-state index in [4.69, 9.17) is 9.47 Å². The van der Waals surface area contributed by atoms with Crippen molar-refractivity contribution in [2.75, 3.05) is 12.1 Å². The van der Waals surface area contributed by atoms with E-state index in [9.17, 15) is 4.79 Å². The third kappa shape index (κ3) is 3.32. The smallest absolute Gasteiger partial charge is 0.276 e. The number of amides is 1. The number of benzene rings is 3. The van der Waals surface area contributed by atoms with Crippen LogP contribution in [0, 0.1) is 0 Å². The molecule has 6 heteroatoms. The molecule has 1 amide bonds. The van der Waals surface area contributed by atoms with Gasteiger partial charge in [0.25, 0.3) is 5.91 Å². The number of para-hydroxylation sites is 1. The molecule has 1 aliphatic rings. The maximum atomic E-state index is 12.9. The van der Waals surface area contributed by atoms with Gasteiger partial charge in [-0.25, -0.2) is 4.68 Å². The molecule has 142 valence electrons. The van der Waals surface area contributed by atoms with E-state index in [0.29, 0.717) is 22.9 Å². The number of aromatic nitrogens is 2. The molecule has 1 aromatic heterocycles. The summed E-state index contributed by atoms with van der Waals surface area (Å²) >= 11 is 0. The molecule has 0 bridgehead atoms. The van der Waals surface area contributed by atoms with Crippen molar-refractivity contribution in [3.8, 4) is 28.4 Å². The second-order valence-corrected chi connectivity index (χ2v) is 6.55. The Kier molecular flexibility index (Phi) is 4.22. The predicted octanol–water partition coefficient (Wildman–Crippen LogP) is 4.52. The van der Waals surface area contributed by atoms with E-state index in [1.807, 2.05) is 60.7 Å². The molecular weight excluding hydrogens is 366 g/mol. The summed E-state index contributed by atoms with van der Waals surface area (Å²) in [4.78, 5) is 12.9. The second kappa shape index (κ2) is 7.16. The quantitative estimate of drug-likeness (QED) is 0.563. The Hall–Kier alpha value is -4.06. The number of nitrogens with one attached hydrogen (secondary N) is 1. The lowest BCUT2D eigenvalue weighted by Crippen LogP contribution is -2.13. The molecule has 1 aliphatic heterocycles. The first-order valence-corrected chi connectivity index (χ1v) is 9.20. The average molecular weight is 383 g/mol. The van der Waals surface area contributed by atoms with E-state index in [2.05, 4.69) is 10.4 Å². The van der Waals surface area contributed by atoms with Gasteiger partial charge < -0.3 is 14.8 Å². The largest absolute Gasteiger partial charge is 0.454 e. The minimum Gasteiger partial charge on any atom is -0.454 e. The molecule has 0 saturated carbocycles. The van der Waals surface area contributed by atoms with Gasteiger partial charge in [0.1, 0.15) is 0 Å². The standard InChI is InChI=1S/C23H17N3O3/c27-23(24-17-11-12-21-22(13-17)29-15-28-21)19-14-20(16-7-3-1-4-8-16)26(25-19)18-9-5-2-6-10-18/h1-14H,15H2,(H,24,27). The highest BCUT2D eigenvalue weighted by atomic mass is 16.7. The van der Waals surface area contributed by atoms with Crippen molar-refractivity contribution in [3.63, 3.8) is 0 Å². The first-order valence-electron chi connectivity index (χ1n) is 9.20. The van der Waals surface area contributed by atoms with Gasteiger partial charge in [-0.15, -0.1) is 0 Å². The van der Waals surface area contributed by atoms with Crippen LogP contribution in [0.15, 0.2) is 84.9 Å². The Bertz CT molecular complexity index is 1110. The van der Waals surface area contributed by atoms with Gasteiger partial charge >= 0.3 is 0 Å². The molecule has 29 heavy (non-hydrogen) atoms. The van der Waals surface area contributed by atoms with E-state index >= 15 is 0 Å². The van der Waals surface area contributed by atoms with Crippen LogP contribution in [0.1, 0.15) is 10.5 Å². The molecule has 0 atom stereocenters. The number of carbonyl (C=O) groups is 1. The zero-order valence-electron chi connectivity index (χ0n) is 15.4. The highest BCUT2D eigenvalue weighted by Gasteiger charge is 2.18. The van der Waals surface area contributed by atoms with E-state index in [1.54, 1.807) is 28.9 Å². The molecule has 3 aromatic carbocycles. The van der Waals surface area contributed by atoms with Crippen molar-refractivity contribution in [1.82, 2.24) is 9.78 Å². The first kappa shape index (κ1) is 17.1. The molecule has 0 aliphatic carbocycles. The zero-order valence-corrected chi connectivity index (χ0v) is 15.4. The number of ether oxygens (including phenoxy) is 2. The normalized spacial score (nSPS) is 12.0. The monoisotopic (exact) mass is 383 g/mol. The molecule has 0 saturated heterocycles.